The third-order valence-corrected chi connectivity index (χ3v) is 13.0. The fraction of sp³-hybridized carbons (Fsp3) is 0.719. The highest BCUT2D eigenvalue weighted by Gasteiger charge is 2.36. The average molecular weight is 1140 g/mol. The number of rotatable bonds is 39. The first-order chi connectivity index (χ1) is 37.8. The number of hydrogen-bond donors (Lipinski definition) is 15. The van der Waals surface area contributed by atoms with E-state index in [1.165, 1.54) is 24.3 Å². The van der Waals surface area contributed by atoms with Crippen molar-refractivity contribution in [2.75, 3.05) is 13.1 Å². The number of phenolic OH excluding ortho intramolecular Hbond substituents is 1. The van der Waals surface area contributed by atoms with E-state index in [-0.39, 0.29) is 118 Å². The van der Waals surface area contributed by atoms with Crippen molar-refractivity contribution in [3.63, 3.8) is 0 Å². The van der Waals surface area contributed by atoms with E-state index in [0.717, 1.165) is 0 Å². The monoisotopic (exact) mass is 1140 g/mol. The van der Waals surface area contributed by atoms with Crippen LogP contribution in [0.3, 0.4) is 0 Å². The van der Waals surface area contributed by atoms with Crippen LogP contribution in [0, 0.1) is 40.9 Å². The number of hydrogen-bond acceptors (Lipinski definition) is 13. The number of carboxylic acid groups (broad SMARTS) is 1. The Balaban J connectivity index is 3.54. The van der Waals surface area contributed by atoms with Gasteiger partial charge in [0.15, 0.2) is 5.96 Å². The van der Waals surface area contributed by atoms with E-state index < -0.39 is 108 Å². The Kier molecular flexibility index (Phi) is 33.5. The number of aliphatic carboxylic acids is 1. The minimum Gasteiger partial charge on any atom is -0.508 e. The number of nitrogens with one attached hydrogen (secondary N) is 10. The highest BCUT2D eigenvalue weighted by atomic mass is 16.4. The highest BCUT2D eigenvalue weighted by Crippen LogP contribution is 2.16. The van der Waals surface area contributed by atoms with Crippen LogP contribution in [-0.4, -0.2) is 137 Å². The third kappa shape index (κ3) is 30.2. The number of guanidine groups is 1. The van der Waals surface area contributed by atoms with Crippen molar-refractivity contribution in [3.8, 4) is 5.75 Å². The lowest BCUT2D eigenvalue weighted by atomic mass is 9.98. The first kappa shape index (κ1) is 72.5. The summed E-state index contributed by atoms with van der Waals surface area (Å²) in [5, 5.41) is 51.9. The molecule has 0 heterocycles. The lowest BCUT2D eigenvalue weighted by molar-refractivity contribution is -0.142. The maximum absolute atomic E-state index is 14.4. The fourth-order valence-electron chi connectivity index (χ4n) is 8.94. The first-order valence-electron chi connectivity index (χ1n) is 28.8. The van der Waals surface area contributed by atoms with Gasteiger partial charge >= 0.3 is 5.97 Å². The summed E-state index contributed by atoms with van der Waals surface area (Å²) in [6.45, 7) is 22.7. The molecule has 0 fully saturated rings. The van der Waals surface area contributed by atoms with Gasteiger partial charge in [-0.05, 0) is 130 Å². The number of benzene rings is 1. The summed E-state index contributed by atoms with van der Waals surface area (Å²) >= 11 is 0. The molecule has 0 aromatic heterocycles. The molecule has 24 heteroatoms. The molecule has 0 saturated heterocycles. The van der Waals surface area contributed by atoms with Crippen molar-refractivity contribution in [1.29, 1.82) is 5.41 Å². The Labute approximate surface area is 480 Å². The van der Waals surface area contributed by atoms with Crippen LogP contribution >= 0.6 is 0 Å². The topological polar surface area (TPSA) is 404 Å². The molecule has 1 aromatic carbocycles. The van der Waals surface area contributed by atoms with Crippen LogP contribution in [-0.2, 0) is 49.6 Å². The lowest BCUT2D eigenvalue weighted by Gasteiger charge is -2.29. The molecule has 0 unspecified atom stereocenters. The molecule has 460 valence electrons. The molecule has 1 rings (SSSR count). The first-order valence-corrected chi connectivity index (χ1v) is 28.8. The minimum atomic E-state index is -1.37. The number of aromatic hydroxyl groups is 1. The maximum atomic E-state index is 14.4. The van der Waals surface area contributed by atoms with Crippen molar-refractivity contribution in [1.82, 2.24) is 47.9 Å². The molecule has 18 N–H and O–H groups in total. The third-order valence-electron chi connectivity index (χ3n) is 13.0. The number of unbranched alkanes of at least 4 members (excludes halogenated alkanes) is 1. The minimum absolute atomic E-state index is 0.0128. The largest absolute Gasteiger partial charge is 0.508 e. The van der Waals surface area contributed by atoms with E-state index in [2.05, 4.69) is 47.9 Å². The molecule has 0 saturated carbocycles. The van der Waals surface area contributed by atoms with Crippen LogP contribution in [0.15, 0.2) is 24.3 Å². The zero-order valence-corrected chi connectivity index (χ0v) is 50.2. The van der Waals surface area contributed by atoms with Gasteiger partial charge in [-0.1, -0.05) is 95.2 Å². The quantitative estimate of drug-likeness (QED) is 0.0254. The van der Waals surface area contributed by atoms with Crippen molar-refractivity contribution in [2.24, 2.45) is 52.7 Å². The van der Waals surface area contributed by atoms with E-state index in [0.29, 0.717) is 24.8 Å². The summed E-state index contributed by atoms with van der Waals surface area (Å²) in [7, 11) is 0. The van der Waals surface area contributed by atoms with Crippen LogP contribution < -0.4 is 65.1 Å². The normalized spacial score (nSPS) is 14.9. The summed E-state index contributed by atoms with van der Waals surface area (Å²) in [5.74, 6) is -7.64. The Bertz CT molecular complexity index is 2170. The van der Waals surface area contributed by atoms with Gasteiger partial charge in [-0.2, -0.15) is 0 Å². The number of phenols is 1. The summed E-state index contributed by atoms with van der Waals surface area (Å²) < 4.78 is 0. The number of carbonyl (C=O) groups is 9. The van der Waals surface area contributed by atoms with Crippen molar-refractivity contribution >= 4 is 59.2 Å². The summed E-state index contributed by atoms with van der Waals surface area (Å²) in [5.41, 5.74) is 18.0. The number of amides is 8. The van der Waals surface area contributed by atoms with E-state index in [1.807, 2.05) is 83.1 Å². The van der Waals surface area contributed by atoms with Gasteiger partial charge in [-0.25, -0.2) is 4.79 Å². The molecule has 81 heavy (non-hydrogen) atoms. The van der Waals surface area contributed by atoms with Gasteiger partial charge in [-0.3, -0.25) is 43.8 Å². The SMILES string of the molecule is CC(C)C[C@H](NC(=O)[C@H](CC(C)C)NC(=O)[C@H](CCCCN)NC(=O)[C@H](CC(C)C)NC(=O)[C@H](CC(C)C)NC(=O)[C@H](CCCNC(=N)N)NC(=O)[C@H](CC(C)C)NC(=O)[C@@H](N)CC(C)C)C(=O)N[C@@H](Cc1ccc(O)cc1)C(=O)O. The predicted molar refractivity (Wildman–Crippen MR) is 312 cm³/mol. The molecular weight excluding hydrogens is 1040 g/mol. The molecule has 9 atom stereocenters. The van der Waals surface area contributed by atoms with Crippen molar-refractivity contribution < 1.29 is 53.4 Å². The Morgan fingerprint density at radius 2 is 0.741 bits per heavy atom. The predicted octanol–water partition coefficient (Wildman–Crippen LogP) is 1.89. The standard InChI is InChI=1S/C57H101N13O11/c1-31(2)24-39(59)48(72)65-42(25-32(3)4)51(75)64-41(17-15-23-62-57(60)61)50(74)67-45(28-35(9)10)53(77)68-43(26-33(5)6)52(76)63-40(16-13-14-22-58)49(73)66-44(27-34(7)8)54(78)69-46(29-36(11)12)55(79)70-47(56(80)81)30-37-18-20-38(71)21-19-37/h18-21,31-36,39-47,71H,13-17,22-30,58-59H2,1-12H3,(H,63,76)(H,64,75)(H,65,72)(H,66,73)(H,67,74)(H,68,77)(H,69,78)(H,70,79)(H,80,81)(H4,60,61,62)/t39-,40-,41-,42-,43-,44-,45-,46-,47-/m0/s1. The fourth-order valence-corrected chi connectivity index (χ4v) is 8.94. The van der Waals surface area contributed by atoms with Gasteiger partial charge in [-0.15, -0.1) is 0 Å². The van der Waals surface area contributed by atoms with Crippen molar-refractivity contribution in [3.05, 3.63) is 29.8 Å². The summed E-state index contributed by atoms with van der Waals surface area (Å²) in [6.07, 6.45) is 2.25. The zero-order chi connectivity index (χ0) is 61.7. The lowest BCUT2D eigenvalue weighted by Crippen LogP contribution is -2.60. The highest BCUT2D eigenvalue weighted by molar-refractivity contribution is 5.98. The second-order valence-electron chi connectivity index (χ2n) is 23.8. The van der Waals surface area contributed by atoms with Crippen molar-refractivity contribution in [2.45, 2.75) is 215 Å². The molecule has 0 aliphatic carbocycles. The molecule has 0 aliphatic rings. The van der Waals surface area contributed by atoms with Crippen LogP contribution in [0.5, 0.6) is 5.75 Å². The molecule has 0 bridgehead atoms. The molecule has 1 aromatic rings. The molecular formula is C57H101N13O11. The average Bonchev–Trinajstić information content (AvgIpc) is 3.35. The number of carboxylic acids is 1. The summed E-state index contributed by atoms with van der Waals surface area (Å²) in [6, 6.07) is -4.72. The molecule has 0 spiro atoms. The Morgan fingerprint density at radius 3 is 1.05 bits per heavy atom. The molecule has 0 radical (unpaired) electrons. The molecule has 8 amide bonds. The van der Waals surface area contributed by atoms with E-state index in [4.69, 9.17) is 22.6 Å². The van der Waals surface area contributed by atoms with E-state index >= 15 is 0 Å². The zero-order valence-electron chi connectivity index (χ0n) is 50.2. The van der Waals surface area contributed by atoms with E-state index in [9.17, 15) is 53.4 Å². The van der Waals surface area contributed by atoms with Gasteiger partial charge in [0, 0.05) is 13.0 Å². The van der Waals surface area contributed by atoms with E-state index in [1.54, 1.807) is 0 Å². The second kappa shape index (κ2) is 37.5. The van der Waals surface area contributed by atoms with Crippen LogP contribution in [0.2, 0.25) is 0 Å². The van der Waals surface area contributed by atoms with Gasteiger partial charge in [0.1, 0.15) is 54.1 Å². The maximum Gasteiger partial charge on any atom is 0.326 e. The number of carbonyl (C=O) groups excluding carboxylic acids is 8. The van der Waals surface area contributed by atoms with Crippen LogP contribution in [0.1, 0.15) is 159 Å². The Morgan fingerprint density at radius 1 is 0.444 bits per heavy atom. The molecule has 0 aliphatic heterocycles. The van der Waals surface area contributed by atoms with Gasteiger partial charge in [0.25, 0.3) is 0 Å². The second-order valence-corrected chi connectivity index (χ2v) is 23.8. The molecule has 24 nitrogen and oxygen atoms in total. The number of nitrogens with two attached hydrogens (primary N) is 3. The van der Waals surface area contributed by atoms with Gasteiger partial charge in [0.05, 0.1) is 6.04 Å². The van der Waals surface area contributed by atoms with Crippen LogP contribution in [0.4, 0.5) is 0 Å². The van der Waals surface area contributed by atoms with Gasteiger partial charge < -0.3 is 75.3 Å². The smallest absolute Gasteiger partial charge is 0.326 e. The summed E-state index contributed by atoms with van der Waals surface area (Å²) in [4.78, 5) is 125. The van der Waals surface area contributed by atoms with Gasteiger partial charge in [0.2, 0.25) is 47.3 Å². The van der Waals surface area contributed by atoms with Crippen LogP contribution in [0.25, 0.3) is 0 Å². The Hall–Kier alpha value is -6.56.